The number of para-hydroxylation sites is 1. The van der Waals surface area contributed by atoms with Gasteiger partial charge >= 0.3 is 0 Å². The molecule has 0 amide bonds. The standard InChI is InChI=1S/C27H30N2O3/c1-4-28-27(24(31)16-32-21-11-9-20(30)10-12-21)25-22-7-5-6-8-23(22)29-26(25)19-14-17(2)13-18(3)15-19/h5-15,24,27-31H,4,16H2,1-3H3. The van der Waals surface area contributed by atoms with E-state index < -0.39 is 6.10 Å². The van der Waals surface area contributed by atoms with E-state index >= 15 is 0 Å². The van der Waals surface area contributed by atoms with Gasteiger partial charge in [0, 0.05) is 16.5 Å². The van der Waals surface area contributed by atoms with Crippen molar-refractivity contribution in [2.45, 2.75) is 32.9 Å². The van der Waals surface area contributed by atoms with Crippen molar-refractivity contribution in [3.05, 3.63) is 83.4 Å². The predicted molar refractivity (Wildman–Crippen MR) is 129 cm³/mol. The Balaban J connectivity index is 1.74. The smallest absolute Gasteiger partial charge is 0.119 e. The average molecular weight is 431 g/mol. The van der Waals surface area contributed by atoms with Crippen LogP contribution < -0.4 is 10.1 Å². The number of aromatic hydroxyl groups is 1. The van der Waals surface area contributed by atoms with Crippen LogP contribution in [0.2, 0.25) is 0 Å². The van der Waals surface area contributed by atoms with Gasteiger partial charge in [-0.1, -0.05) is 42.3 Å². The van der Waals surface area contributed by atoms with Crippen LogP contribution in [-0.4, -0.2) is 34.5 Å². The van der Waals surface area contributed by atoms with E-state index in [1.807, 2.05) is 19.1 Å². The van der Waals surface area contributed by atoms with Gasteiger partial charge < -0.3 is 25.3 Å². The Hall–Kier alpha value is -3.28. The zero-order valence-corrected chi connectivity index (χ0v) is 18.7. The van der Waals surface area contributed by atoms with Crippen molar-refractivity contribution in [2.75, 3.05) is 13.2 Å². The van der Waals surface area contributed by atoms with Gasteiger partial charge in [-0.15, -0.1) is 0 Å². The molecule has 0 aliphatic carbocycles. The molecule has 0 aliphatic rings. The summed E-state index contributed by atoms with van der Waals surface area (Å²) in [6.45, 7) is 7.05. The molecule has 0 saturated carbocycles. The van der Waals surface area contributed by atoms with Crippen molar-refractivity contribution in [3.63, 3.8) is 0 Å². The Morgan fingerprint density at radius 2 is 1.66 bits per heavy atom. The first-order chi connectivity index (χ1) is 15.5. The highest BCUT2D eigenvalue weighted by Crippen LogP contribution is 2.37. The summed E-state index contributed by atoms with van der Waals surface area (Å²) in [4.78, 5) is 3.59. The molecule has 4 aromatic rings. The summed E-state index contributed by atoms with van der Waals surface area (Å²) in [6.07, 6.45) is -0.785. The molecule has 5 nitrogen and oxygen atoms in total. The van der Waals surface area contributed by atoms with Gasteiger partial charge in [0.1, 0.15) is 24.2 Å². The third-order valence-electron chi connectivity index (χ3n) is 5.63. The summed E-state index contributed by atoms with van der Waals surface area (Å²) in [5.74, 6) is 0.783. The fraction of sp³-hybridized carbons (Fsp3) is 0.259. The van der Waals surface area contributed by atoms with Crippen molar-refractivity contribution >= 4 is 10.9 Å². The number of rotatable bonds is 8. The summed E-state index contributed by atoms with van der Waals surface area (Å²) in [5, 5.41) is 25.2. The first kappa shape index (κ1) is 21.9. The summed E-state index contributed by atoms with van der Waals surface area (Å²) in [6, 6.07) is 20.9. The molecule has 4 N–H and O–H groups in total. The topological polar surface area (TPSA) is 77.5 Å². The molecule has 2 unspecified atom stereocenters. The van der Waals surface area contributed by atoms with Crippen molar-refractivity contribution in [2.24, 2.45) is 0 Å². The lowest BCUT2D eigenvalue weighted by atomic mass is 9.94. The monoisotopic (exact) mass is 430 g/mol. The molecule has 0 spiro atoms. The minimum atomic E-state index is -0.785. The van der Waals surface area contributed by atoms with Crippen LogP contribution in [0, 0.1) is 13.8 Å². The van der Waals surface area contributed by atoms with Crippen LogP contribution >= 0.6 is 0 Å². The molecular formula is C27H30N2O3. The number of ether oxygens (including phenoxy) is 1. The molecule has 1 heterocycles. The van der Waals surface area contributed by atoms with E-state index in [0.717, 1.165) is 27.7 Å². The van der Waals surface area contributed by atoms with E-state index in [0.29, 0.717) is 12.3 Å². The number of nitrogens with one attached hydrogen (secondary N) is 2. The zero-order chi connectivity index (χ0) is 22.7. The number of benzene rings is 3. The van der Waals surface area contributed by atoms with Crippen LogP contribution in [0.3, 0.4) is 0 Å². The first-order valence-corrected chi connectivity index (χ1v) is 11.0. The number of aromatic amines is 1. The van der Waals surface area contributed by atoms with Gasteiger partial charge in [-0.25, -0.2) is 0 Å². The number of hydrogen-bond donors (Lipinski definition) is 4. The number of hydrogen-bond acceptors (Lipinski definition) is 4. The molecule has 32 heavy (non-hydrogen) atoms. The number of aromatic nitrogens is 1. The molecule has 1 aromatic heterocycles. The van der Waals surface area contributed by atoms with Crippen LogP contribution in [0.1, 0.15) is 29.7 Å². The number of aliphatic hydroxyl groups excluding tert-OH is 1. The van der Waals surface area contributed by atoms with Crippen LogP contribution in [0.4, 0.5) is 0 Å². The Morgan fingerprint density at radius 3 is 2.34 bits per heavy atom. The molecule has 2 atom stereocenters. The molecule has 0 saturated heterocycles. The third-order valence-corrected chi connectivity index (χ3v) is 5.63. The second kappa shape index (κ2) is 9.47. The number of likely N-dealkylation sites (N-methyl/N-ethyl adjacent to an activating group) is 1. The lowest BCUT2D eigenvalue weighted by Crippen LogP contribution is -2.36. The van der Waals surface area contributed by atoms with Crippen LogP contribution in [-0.2, 0) is 0 Å². The SMILES string of the molecule is CCNC(c1c(-c2cc(C)cc(C)c2)[nH]c2ccccc12)C(O)COc1ccc(O)cc1. The second-order valence-corrected chi connectivity index (χ2v) is 8.24. The molecule has 0 bridgehead atoms. The van der Waals surface area contributed by atoms with E-state index in [-0.39, 0.29) is 18.4 Å². The molecule has 166 valence electrons. The van der Waals surface area contributed by atoms with E-state index in [1.165, 1.54) is 11.1 Å². The minimum Gasteiger partial charge on any atom is -0.508 e. The first-order valence-electron chi connectivity index (χ1n) is 11.0. The fourth-order valence-corrected chi connectivity index (χ4v) is 4.30. The average Bonchev–Trinajstić information content (AvgIpc) is 3.15. The van der Waals surface area contributed by atoms with E-state index in [1.54, 1.807) is 24.3 Å². The van der Waals surface area contributed by atoms with E-state index in [2.05, 4.69) is 54.5 Å². The Bertz CT molecular complexity index is 1180. The number of phenols is 1. The molecule has 5 heteroatoms. The molecule has 0 fully saturated rings. The second-order valence-electron chi connectivity index (χ2n) is 8.24. The van der Waals surface area contributed by atoms with Gasteiger partial charge in [-0.3, -0.25) is 0 Å². The molecular weight excluding hydrogens is 400 g/mol. The van der Waals surface area contributed by atoms with E-state index in [4.69, 9.17) is 4.74 Å². The highest BCUT2D eigenvalue weighted by molar-refractivity contribution is 5.91. The summed E-state index contributed by atoms with van der Waals surface area (Å²) in [5.41, 5.74) is 6.57. The summed E-state index contributed by atoms with van der Waals surface area (Å²) < 4.78 is 5.83. The number of H-pyrrole nitrogens is 1. The number of aliphatic hydroxyl groups is 1. The third kappa shape index (κ3) is 4.64. The van der Waals surface area contributed by atoms with Crippen molar-refractivity contribution < 1.29 is 14.9 Å². The molecule has 4 rings (SSSR count). The summed E-state index contributed by atoms with van der Waals surface area (Å²) in [7, 11) is 0. The van der Waals surface area contributed by atoms with Gasteiger partial charge in [-0.05, 0) is 68.4 Å². The van der Waals surface area contributed by atoms with Crippen LogP contribution in [0.25, 0.3) is 22.2 Å². The van der Waals surface area contributed by atoms with Gasteiger partial charge in [-0.2, -0.15) is 0 Å². The maximum atomic E-state index is 11.2. The van der Waals surface area contributed by atoms with Gasteiger partial charge in [0.15, 0.2) is 0 Å². The van der Waals surface area contributed by atoms with Crippen molar-refractivity contribution in [3.8, 4) is 22.8 Å². The Morgan fingerprint density at radius 1 is 0.969 bits per heavy atom. The number of phenolic OH excluding ortho intramolecular Hbond substituents is 1. The Labute approximate surface area is 188 Å². The van der Waals surface area contributed by atoms with Crippen molar-refractivity contribution in [1.29, 1.82) is 0 Å². The quantitative estimate of drug-likeness (QED) is 0.308. The maximum absolute atomic E-state index is 11.2. The molecule has 3 aromatic carbocycles. The van der Waals surface area contributed by atoms with E-state index in [9.17, 15) is 10.2 Å². The maximum Gasteiger partial charge on any atom is 0.119 e. The van der Waals surface area contributed by atoms with Crippen molar-refractivity contribution in [1.82, 2.24) is 10.3 Å². The lowest BCUT2D eigenvalue weighted by molar-refractivity contribution is 0.0740. The zero-order valence-electron chi connectivity index (χ0n) is 18.7. The normalized spacial score (nSPS) is 13.2. The Kier molecular flexibility index (Phi) is 6.49. The summed E-state index contributed by atoms with van der Waals surface area (Å²) >= 11 is 0. The molecule has 0 radical (unpaired) electrons. The highest BCUT2D eigenvalue weighted by Gasteiger charge is 2.28. The number of fused-ring (bicyclic) bond motifs is 1. The minimum absolute atomic E-state index is 0.119. The largest absolute Gasteiger partial charge is 0.508 e. The van der Waals surface area contributed by atoms with Gasteiger partial charge in [0.05, 0.1) is 11.7 Å². The van der Waals surface area contributed by atoms with Crippen LogP contribution in [0.5, 0.6) is 11.5 Å². The predicted octanol–water partition coefficient (Wildman–Crippen LogP) is 5.25. The lowest BCUT2D eigenvalue weighted by Gasteiger charge is -2.25. The fourth-order valence-electron chi connectivity index (χ4n) is 4.30. The van der Waals surface area contributed by atoms with Gasteiger partial charge in [0.2, 0.25) is 0 Å². The van der Waals surface area contributed by atoms with Crippen LogP contribution in [0.15, 0.2) is 66.7 Å². The highest BCUT2D eigenvalue weighted by atomic mass is 16.5. The number of aryl methyl sites for hydroxylation is 2. The van der Waals surface area contributed by atoms with Gasteiger partial charge in [0.25, 0.3) is 0 Å². The molecule has 0 aliphatic heterocycles.